The van der Waals surface area contributed by atoms with E-state index in [9.17, 15) is 13.2 Å². The van der Waals surface area contributed by atoms with Crippen molar-refractivity contribution in [3.05, 3.63) is 41.2 Å². The van der Waals surface area contributed by atoms with E-state index < -0.39 is 10.0 Å². The van der Waals surface area contributed by atoms with Crippen molar-refractivity contribution in [2.45, 2.75) is 32.1 Å². The minimum atomic E-state index is -3.66. The maximum absolute atomic E-state index is 13.1. The summed E-state index contributed by atoms with van der Waals surface area (Å²) in [6, 6.07) is 7.14. The van der Waals surface area contributed by atoms with E-state index in [1.165, 1.54) is 4.31 Å². The van der Waals surface area contributed by atoms with Crippen molar-refractivity contribution in [3.63, 3.8) is 0 Å². The van der Waals surface area contributed by atoms with Gasteiger partial charge in [-0.25, -0.2) is 8.42 Å². The number of carbonyl (C=O) groups is 1. The standard InChI is InChI=1S/C19H26N4O4S/c1-4-27-17-9-6-5-8-16(17)19(24)22-10-7-11-23(13-12-22)28(25,26)18-14(2)20-21-15(18)3/h5-6,8-9H,4,7,10-13H2,1-3H3,(H,20,21). The molecule has 1 aromatic heterocycles. The maximum Gasteiger partial charge on any atom is 0.257 e. The lowest BCUT2D eigenvalue weighted by atomic mass is 10.1. The van der Waals surface area contributed by atoms with E-state index in [1.54, 1.807) is 36.9 Å². The Morgan fingerprint density at radius 2 is 1.93 bits per heavy atom. The molecule has 9 heteroatoms. The van der Waals surface area contributed by atoms with Crippen molar-refractivity contribution >= 4 is 15.9 Å². The van der Waals surface area contributed by atoms with Gasteiger partial charge in [-0.1, -0.05) is 12.1 Å². The zero-order chi connectivity index (χ0) is 20.3. The Hall–Kier alpha value is -2.39. The van der Waals surface area contributed by atoms with Crippen LogP contribution in [-0.2, 0) is 10.0 Å². The van der Waals surface area contributed by atoms with Gasteiger partial charge in [0.15, 0.2) is 0 Å². The third-order valence-electron chi connectivity index (χ3n) is 4.82. The summed E-state index contributed by atoms with van der Waals surface area (Å²) in [5.74, 6) is 0.410. The number of sulfonamides is 1. The van der Waals surface area contributed by atoms with Gasteiger partial charge in [0.2, 0.25) is 10.0 Å². The van der Waals surface area contributed by atoms with Gasteiger partial charge in [0.25, 0.3) is 5.91 Å². The summed E-state index contributed by atoms with van der Waals surface area (Å²) in [7, 11) is -3.66. The molecular formula is C19H26N4O4S. The second-order valence-electron chi connectivity index (χ2n) is 6.74. The molecule has 0 spiro atoms. The molecule has 1 fully saturated rings. The van der Waals surface area contributed by atoms with Crippen molar-refractivity contribution in [1.82, 2.24) is 19.4 Å². The van der Waals surface area contributed by atoms with Gasteiger partial charge < -0.3 is 9.64 Å². The highest BCUT2D eigenvalue weighted by molar-refractivity contribution is 7.89. The Labute approximate surface area is 165 Å². The molecule has 2 aromatic rings. The summed E-state index contributed by atoms with van der Waals surface area (Å²) in [6.07, 6.45) is 0.567. The molecule has 0 bridgehead atoms. The number of nitrogens with one attached hydrogen (secondary N) is 1. The average Bonchev–Trinajstić information content (AvgIpc) is 2.87. The molecule has 0 atom stereocenters. The molecule has 0 unspecified atom stereocenters. The minimum Gasteiger partial charge on any atom is -0.493 e. The predicted molar refractivity (Wildman–Crippen MR) is 105 cm³/mol. The first-order valence-electron chi connectivity index (χ1n) is 9.39. The number of carbonyl (C=O) groups excluding carboxylic acids is 1. The van der Waals surface area contributed by atoms with Crippen molar-refractivity contribution in [2.75, 3.05) is 32.8 Å². The topological polar surface area (TPSA) is 95.6 Å². The summed E-state index contributed by atoms with van der Waals surface area (Å²) in [5.41, 5.74) is 1.49. The zero-order valence-electron chi connectivity index (χ0n) is 16.4. The molecule has 8 nitrogen and oxygen atoms in total. The second-order valence-corrected chi connectivity index (χ2v) is 8.62. The van der Waals surface area contributed by atoms with Crippen LogP contribution < -0.4 is 4.74 Å². The average molecular weight is 407 g/mol. The van der Waals surface area contributed by atoms with Crippen LogP contribution in [0.25, 0.3) is 0 Å². The summed E-state index contributed by atoms with van der Waals surface area (Å²) in [5, 5.41) is 6.73. The Balaban J connectivity index is 1.78. The van der Waals surface area contributed by atoms with Crippen LogP contribution in [0.5, 0.6) is 5.75 Å². The Kier molecular flexibility index (Phi) is 6.04. The number of nitrogens with zero attached hydrogens (tertiary/aromatic N) is 3. The summed E-state index contributed by atoms with van der Waals surface area (Å²) < 4.78 is 33.2. The van der Waals surface area contributed by atoms with E-state index >= 15 is 0 Å². The summed E-state index contributed by atoms with van der Waals surface area (Å²) in [6.45, 7) is 7.15. The molecule has 152 valence electrons. The number of ether oxygens (including phenoxy) is 1. The highest BCUT2D eigenvalue weighted by Crippen LogP contribution is 2.24. The molecule has 1 aliphatic rings. The van der Waals surface area contributed by atoms with E-state index in [0.717, 1.165) is 0 Å². The summed E-state index contributed by atoms with van der Waals surface area (Å²) >= 11 is 0. The number of hydrogen-bond donors (Lipinski definition) is 1. The Morgan fingerprint density at radius 3 is 2.61 bits per heavy atom. The zero-order valence-corrected chi connectivity index (χ0v) is 17.3. The quantitative estimate of drug-likeness (QED) is 0.819. The van der Waals surface area contributed by atoms with Crippen LogP contribution in [0.4, 0.5) is 0 Å². The van der Waals surface area contributed by atoms with Gasteiger partial charge in [0.05, 0.1) is 23.6 Å². The predicted octanol–water partition coefficient (Wildman–Crippen LogP) is 1.96. The first-order chi connectivity index (χ1) is 13.4. The number of hydrogen-bond acceptors (Lipinski definition) is 5. The number of amides is 1. The molecular weight excluding hydrogens is 380 g/mol. The van der Waals surface area contributed by atoms with Crippen LogP contribution in [0.1, 0.15) is 35.1 Å². The van der Waals surface area contributed by atoms with Gasteiger partial charge in [-0.05, 0) is 39.3 Å². The molecule has 28 heavy (non-hydrogen) atoms. The largest absolute Gasteiger partial charge is 0.493 e. The first-order valence-corrected chi connectivity index (χ1v) is 10.8. The molecule has 0 aliphatic carbocycles. The number of para-hydroxylation sites is 1. The molecule has 1 saturated heterocycles. The summed E-state index contributed by atoms with van der Waals surface area (Å²) in [4.78, 5) is 14.9. The van der Waals surface area contributed by atoms with Crippen molar-refractivity contribution in [3.8, 4) is 5.75 Å². The fraction of sp³-hybridized carbons (Fsp3) is 0.474. The van der Waals surface area contributed by atoms with Gasteiger partial charge in [-0.3, -0.25) is 9.89 Å². The molecule has 1 aliphatic heterocycles. The third kappa shape index (κ3) is 3.90. The van der Waals surface area contributed by atoms with Crippen LogP contribution in [0.2, 0.25) is 0 Å². The van der Waals surface area contributed by atoms with E-state index in [2.05, 4.69) is 10.2 Å². The second kappa shape index (κ2) is 8.32. The lowest BCUT2D eigenvalue weighted by molar-refractivity contribution is 0.0760. The Morgan fingerprint density at radius 1 is 1.18 bits per heavy atom. The maximum atomic E-state index is 13.1. The molecule has 0 radical (unpaired) electrons. The minimum absolute atomic E-state index is 0.140. The van der Waals surface area contributed by atoms with Gasteiger partial charge in [-0.15, -0.1) is 0 Å². The third-order valence-corrected chi connectivity index (χ3v) is 6.98. The van der Waals surface area contributed by atoms with Gasteiger partial charge in [0, 0.05) is 26.2 Å². The Bertz CT molecular complexity index is 935. The van der Waals surface area contributed by atoms with Crippen molar-refractivity contribution < 1.29 is 17.9 Å². The van der Waals surface area contributed by atoms with Gasteiger partial charge in [-0.2, -0.15) is 9.40 Å². The highest BCUT2D eigenvalue weighted by Gasteiger charge is 2.32. The van der Waals surface area contributed by atoms with Gasteiger partial charge >= 0.3 is 0 Å². The molecule has 1 N–H and O–H groups in total. The number of aromatic amines is 1. The van der Waals surface area contributed by atoms with Crippen LogP contribution in [0, 0.1) is 13.8 Å². The van der Waals surface area contributed by atoms with Gasteiger partial charge in [0.1, 0.15) is 10.6 Å². The normalized spacial score (nSPS) is 16.0. The number of aryl methyl sites for hydroxylation is 2. The van der Waals surface area contributed by atoms with E-state index in [0.29, 0.717) is 55.4 Å². The number of rotatable bonds is 5. The fourth-order valence-electron chi connectivity index (χ4n) is 3.48. The molecule has 1 aromatic carbocycles. The lowest BCUT2D eigenvalue weighted by Crippen LogP contribution is -2.37. The molecule has 0 saturated carbocycles. The van der Waals surface area contributed by atoms with E-state index in [-0.39, 0.29) is 17.3 Å². The van der Waals surface area contributed by atoms with Crippen LogP contribution in [-0.4, -0.2) is 66.5 Å². The van der Waals surface area contributed by atoms with Crippen molar-refractivity contribution in [2.24, 2.45) is 0 Å². The number of H-pyrrole nitrogens is 1. The molecule has 3 rings (SSSR count). The molecule has 1 amide bonds. The number of aromatic nitrogens is 2. The van der Waals surface area contributed by atoms with E-state index in [4.69, 9.17) is 4.74 Å². The highest BCUT2D eigenvalue weighted by atomic mass is 32.2. The van der Waals surface area contributed by atoms with Crippen molar-refractivity contribution in [1.29, 1.82) is 0 Å². The lowest BCUT2D eigenvalue weighted by Gasteiger charge is -2.23. The SMILES string of the molecule is CCOc1ccccc1C(=O)N1CCCN(S(=O)(=O)c2c(C)n[nH]c2C)CC1. The van der Waals surface area contributed by atoms with E-state index in [1.807, 2.05) is 13.0 Å². The monoisotopic (exact) mass is 406 g/mol. The van der Waals surface area contributed by atoms with Crippen LogP contribution in [0.15, 0.2) is 29.2 Å². The smallest absolute Gasteiger partial charge is 0.257 e. The van der Waals surface area contributed by atoms with Crippen LogP contribution in [0.3, 0.4) is 0 Å². The number of benzene rings is 1. The fourth-order valence-corrected chi connectivity index (χ4v) is 5.28. The van der Waals surface area contributed by atoms with Crippen LogP contribution >= 0.6 is 0 Å². The molecule has 2 heterocycles. The first kappa shape index (κ1) is 20.3.